The predicted molar refractivity (Wildman–Crippen MR) is 67.8 cm³/mol. The van der Waals surface area contributed by atoms with E-state index in [1.54, 1.807) is 18.5 Å². The van der Waals surface area contributed by atoms with Crippen molar-refractivity contribution in [2.45, 2.75) is 17.6 Å². The second-order valence-corrected chi connectivity index (χ2v) is 6.23. The lowest BCUT2D eigenvalue weighted by Gasteiger charge is -2.04. The van der Waals surface area contributed by atoms with Crippen LogP contribution in [-0.4, -0.2) is 29.8 Å². The highest BCUT2D eigenvalue weighted by Crippen LogP contribution is 2.29. The van der Waals surface area contributed by atoms with Crippen LogP contribution >= 0.6 is 0 Å². The molecule has 0 radical (unpaired) electrons. The van der Waals surface area contributed by atoms with Crippen LogP contribution in [0.25, 0.3) is 10.9 Å². The van der Waals surface area contributed by atoms with Gasteiger partial charge in [-0.25, -0.2) is 13.2 Å². The number of aryl methyl sites for hydroxylation is 1. The fraction of sp³-hybridized carbons (Fsp3) is 0.250. The Labute approximate surface area is 113 Å². The van der Waals surface area contributed by atoms with Crippen molar-refractivity contribution in [2.24, 2.45) is 7.05 Å². The molecule has 0 aliphatic rings. The van der Waals surface area contributed by atoms with Crippen molar-refractivity contribution >= 4 is 26.7 Å². The normalized spacial score (nSPS) is 12.2. The number of fused-ring (bicyclic) bond motifs is 1. The Balaban J connectivity index is 2.84. The number of benzene rings is 1. The molecule has 1 aromatic carbocycles. The molecular formula is C12H11F2NO4S. The number of halogens is 2. The van der Waals surface area contributed by atoms with Gasteiger partial charge in [-0.1, -0.05) is 0 Å². The van der Waals surface area contributed by atoms with Crippen LogP contribution in [-0.2, 0) is 16.9 Å². The third-order valence-corrected chi connectivity index (χ3v) is 4.62. The Morgan fingerprint density at radius 1 is 1.35 bits per heavy atom. The molecule has 0 saturated heterocycles. The number of sulfone groups is 1. The van der Waals surface area contributed by atoms with Crippen LogP contribution in [0.15, 0.2) is 23.1 Å². The molecule has 5 nitrogen and oxygen atoms in total. The van der Waals surface area contributed by atoms with Crippen LogP contribution in [0.1, 0.15) is 16.1 Å². The highest BCUT2D eigenvalue weighted by atomic mass is 32.2. The number of carboxylic acids is 1. The van der Waals surface area contributed by atoms with Gasteiger partial charge in [0.15, 0.2) is 0 Å². The van der Waals surface area contributed by atoms with E-state index in [2.05, 4.69) is 0 Å². The molecule has 0 aliphatic heterocycles. The number of hydrogen-bond acceptors (Lipinski definition) is 3. The molecule has 108 valence electrons. The number of carboxylic acid groups (broad SMARTS) is 1. The van der Waals surface area contributed by atoms with E-state index in [-0.39, 0.29) is 10.9 Å². The summed E-state index contributed by atoms with van der Waals surface area (Å²) in [5.41, 5.74) is 0.793. The van der Waals surface area contributed by atoms with Crippen LogP contribution in [0.3, 0.4) is 0 Å². The van der Waals surface area contributed by atoms with Gasteiger partial charge in [-0.15, -0.1) is 0 Å². The molecular weight excluding hydrogens is 292 g/mol. The molecule has 0 amide bonds. The number of nitrogens with zero attached hydrogens (tertiary/aromatic N) is 1. The fourth-order valence-corrected chi connectivity index (χ4v) is 2.85. The van der Waals surface area contributed by atoms with E-state index < -0.39 is 26.5 Å². The van der Waals surface area contributed by atoms with Crippen molar-refractivity contribution in [3.05, 3.63) is 29.5 Å². The summed E-state index contributed by atoms with van der Waals surface area (Å²) in [5.74, 6) is -4.78. The zero-order chi connectivity index (χ0) is 15.2. The van der Waals surface area contributed by atoms with Crippen molar-refractivity contribution in [1.82, 2.24) is 4.57 Å². The highest BCUT2D eigenvalue weighted by Gasteiger charge is 2.28. The Hall–Kier alpha value is -1.96. The Morgan fingerprint density at radius 2 is 1.95 bits per heavy atom. The third kappa shape index (κ3) is 1.96. The lowest BCUT2D eigenvalue weighted by atomic mass is 10.1. The van der Waals surface area contributed by atoms with Gasteiger partial charge in [0.25, 0.3) is 0 Å². The number of alkyl halides is 2. The summed E-state index contributed by atoms with van der Waals surface area (Å²) in [6.07, 6.45) is 0. The summed E-state index contributed by atoms with van der Waals surface area (Å²) in [5, 5.41) is 9.29. The zero-order valence-electron chi connectivity index (χ0n) is 10.6. The van der Waals surface area contributed by atoms with E-state index >= 15 is 0 Å². The van der Waals surface area contributed by atoms with Crippen LogP contribution in [0.5, 0.6) is 0 Å². The van der Waals surface area contributed by atoms with Crippen molar-refractivity contribution in [3.63, 3.8) is 0 Å². The number of hydrogen-bond donors (Lipinski definition) is 1. The molecule has 0 unspecified atom stereocenters. The maximum atomic E-state index is 12.5. The van der Waals surface area contributed by atoms with Gasteiger partial charge < -0.3 is 9.67 Å². The minimum Gasteiger partial charge on any atom is -0.478 e. The van der Waals surface area contributed by atoms with Crippen LogP contribution in [0, 0.1) is 6.92 Å². The van der Waals surface area contributed by atoms with Gasteiger partial charge in [-0.3, -0.25) is 0 Å². The largest absolute Gasteiger partial charge is 0.478 e. The molecule has 2 rings (SSSR count). The first-order valence-corrected chi connectivity index (χ1v) is 7.07. The Bertz CT molecular complexity index is 808. The number of aromatic nitrogens is 1. The molecule has 0 atom stereocenters. The maximum Gasteiger partial charge on any atom is 0.341 e. The quantitative estimate of drug-likeness (QED) is 0.943. The van der Waals surface area contributed by atoms with Gasteiger partial charge in [-0.2, -0.15) is 8.78 Å². The Kier molecular flexibility index (Phi) is 3.29. The first kappa shape index (κ1) is 14.4. The molecule has 1 heterocycles. The second kappa shape index (κ2) is 4.55. The standard InChI is InChI=1S/C12H11F2NO4S/c1-6-10(11(16)17)8-5-7(20(18,19)12(13)14)3-4-9(8)15(6)2/h3-5,12H,1-2H3,(H,16,17). The summed E-state index contributed by atoms with van der Waals surface area (Å²) in [6, 6.07) is 3.35. The molecule has 1 aromatic heterocycles. The topological polar surface area (TPSA) is 76.4 Å². The molecule has 2 aromatic rings. The van der Waals surface area contributed by atoms with Crippen LogP contribution in [0.4, 0.5) is 8.78 Å². The van der Waals surface area contributed by atoms with E-state index in [9.17, 15) is 22.0 Å². The van der Waals surface area contributed by atoms with Gasteiger partial charge in [0.1, 0.15) is 0 Å². The number of carbonyl (C=O) groups is 1. The molecule has 0 spiro atoms. The third-order valence-electron chi connectivity index (χ3n) is 3.24. The summed E-state index contributed by atoms with van der Waals surface area (Å²) < 4.78 is 49.5. The van der Waals surface area contributed by atoms with Gasteiger partial charge in [0.2, 0.25) is 9.84 Å². The lowest BCUT2D eigenvalue weighted by molar-refractivity contribution is 0.0698. The highest BCUT2D eigenvalue weighted by molar-refractivity contribution is 7.91. The number of rotatable bonds is 3. The molecule has 0 saturated carbocycles. The van der Waals surface area contributed by atoms with E-state index in [0.29, 0.717) is 11.2 Å². The van der Waals surface area contributed by atoms with E-state index in [1.165, 1.54) is 6.07 Å². The molecule has 8 heteroatoms. The Morgan fingerprint density at radius 3 is 2.45 bits per heavy atom. The monoisotopic (exact) mass is 303 g/mol. The lowest BCUT2D eigenvalue weighted by Crippen LogP contribution is -2.11. The van der Waals surface area contributed by atoms with Crippen molar-refractivity contribution in [3.8, 4) is 0 Å². The summed E-state index contributed by atoms with van der Waals surface area (Å²) >= 11 is 0. The molecule has 0 fully saturated rings. The second-order valence-electron chi connectivity index (χ2n) is 4.31. The molecule has 0 aliphatic carbocycles. The van der Waals surface area contributed by atoms with Crippen LogP contribution < -0.4 is 0 Å². The van der Waals surface area contributed by atoms with Crippen LogP contribution in [0.2, 0.25) is 0 Å². The number of aromatic carboxylic acids is 1. The summed E-state index contributed by atoms with van der Waals surface area (Å²) in [6.45, 7) is 1.56. The summed E-state index contributed by atoms with van der Waals surface area (Å²) in [4.78, 5) is 10.6. The predicted octanol–water partition coefficient (Wildman–Crippen LogP) is 2.18. The van der Waals surface area contributed by atoms with E-state index in [0.717, 1.165) is 12.1 Å². The van der Waals surface area contributed by atoms with Crippen molar-refractivity contribution in [1.29, 1.82) is 0 Å². The summed E-state index contributed by atoms with van der Waals surface area (Å²) in [7, 11) is -3.13. The average molecular weight is 303 g/mol. The SMILES string of the molecule is Cc1c(C(=O)O)c2cc(S(=O)(=O)C(F)F)ccc2n1C. The average Bonchev–Trinajstić information content (AvgIpc) is 2.61. The minimum atomic E-state index is -4.75. The zero-order valence-corrected chi connectivity index (χ0v) is 11.4. The van der Waals surface area contributed by atoms with Gasteiger partial charge in [-0.05, 0) is 25.1 Å². The first-order chi connectivity index (χ1) is 9.17. The molecule has 0 bridgehead atoms. The van der Waals surface area contributed by atoms with E-state index in [4.69, 9.17) is 5.11 Å². The maximum absolute atomic E-state index is 12.5. The van der Waals surface area contributed by atoms with Gasteiger partial charge in [0.05, 0.1) is 10.5 Å². The molecule has 20 heavy (non-hydrogen) atoms. The van der Waals surface area contributed by atoms with Gasteiger partial charge >= 0.3 is 11.7 Å². The fourth-order valence-electron chi connectivity index (χ4n) is 2.10. The van der Waals surface area contributed by atoms with Gasteiger partial charge in [0, 0.05) is 23.6 Å². The van der Waals surface area contributed by atoms with Crippen molar-refractivity contribution < 1.29 is 27.1 Å². The molecule has 1 N–H and O–H groups in total. The minimum absolute atomic E-state index is 0.0891. The van der Waals surface area contributed by atoms with E-state index in [1.807, 2.05) is 0 Å². The first-order valence-electron chi connectivity index (χ1n) is 5.52. The van der Waals surface area contributed by atoms with Crippen molar-refractivity contribution in [2.75, 3.05) is 0 Å². The smallest absolute Gasteiger partial charge is 0.341 e.